The number of rotatable bonds is 38. The smallest absolute Gasteiger partial charge is 0.350 e. The SMILES string of the molecule is CC(=O)O[C@H]1C(=O)[C@@]2(C)[C@H]([C@H](OC(=O)c3ccccc3)[C@]3(O)C[C@H](OC(=O)[C@H](OC(=O)CCCc4cn(CCCCCCCCCCC(=O)NCCCC[C@H](NC(=O)N[C@@H](CCC(=O)O)C(=O)O)C(=O)O)nn4)[C@@H](NC(=O)c4ccccc4)c4ccccc4)C(C)=C1C3(C)C)[C@]1(OC(C)=O)CO[C@@H]1C[C@@H]2O. The second-order valence-corrected chi connectivity index (χ2v) is 28.4. The second kappa shape index (κ2) is 36.9. The molecule has 2 heterocycles. The van der Waals surface area contributed by atoms with Crippen LogP contribution < -0.4 is 21.3 Å². The van der Waals surface area contributed by atoms with Crippen LogP contribution in [-0.4, -0.2) is 185 Å². The number of nitrogens with one attached hydrogen (secondary N) is 4. The number of aliphatic hydroxyl groups excluding tert-OH is 1. The number of urea groups is 1. The highest BCUT2D eigenvalue weighted by Crippen LogP contribution is 2.64. The van der Waals surface area contributed by atoms with Crippen LogP contribution in [-0.2, 0) is 84.5 Å². The molecule has 30 heteroatoms. The minimum atomic E-state index is -2.51. The van der Waals surface area contributed by atoms with Crippen molar-refractivity contribution in [3.8, 4) is 0 Å². The van der Waals surface area contributed by atoms with Crippen LogP contribution in [0.15, 0.2) is 108 Å². The van der Waals surface area contributed by atoms with Crippen LogP contribution in [0, 0.1) is 16.7 Å². The third-order valence-electron chi connectivity index (χ3n) is 20.8. The fraction of sp³-hybridized carbons (Fsp3) is 0.553. The fourth-order valence-corrected chi connectivity index (χ4v) is 15.0. The number of ether oxygens (including phenoxy) is 6. The van der Waals surface area contributed by atoms with E-state index in [1.807, 2.05) is 0 Å². The molecule has 1 aliphatic heterocycles. The van der Waals surface area contributed by atoms with Crippen LogP contribution in [0.3, 0.4) is 0 Å². The Balaban J connectivity index is 0.891. The summed E-state index contributed by atoms with van der Waals surface area (Å²) in [7, 11) is 0. The first-order chi connectivity index (χ1) is 50.4. The van der Waals surface area contributed by atoms with Gasteiger partial charge in [0.15, 0.2) is 17.5 Å². The summed E-state index contributed by atoms with van der Waals surface area (Å²) in [6, 6.07) is 18.8. The molecular weight excluding hydrogens is 1380 g/mol. The molecule has 106 heavy (non-hydrogen) atoms. The van der Waals surface area contributed by atoms with Gasteiger partial charge in [-0.3, -0.25) is 38.2 Å². The Kier molecular flexibility index (Phi) is 28.4. The Hall–Kier alpha value is -9.94. The molecule has 3 fully saturated rings. The van der Waals surface area contributed by atoms with E-state index in [0.717, 1.165) is 58.8 Å². The molecule has 9 N–H and O–H groups in total. The lowest BCUT2D eigenvalue weighted by Gasteiger charge is -2.67. The number of aliphatic carboxylic acids is 3. The largest absolute Gasteiger partial charge is 0.481 e. The summed E-state index contributed by atoms with van der Waals surface area (Å²) in [5, 5.41) is 72.7. The Bertz CT molecular complexity index is 3830. The zero-order chi connectivity index (χ0) is 77.1. The molecule has 2 bridgehead atoms. The molecular formula is C76H97N7O23. The van der Waals surface area contributed by atoms with Crippen LogP contribution in [0.2, 0.25) is 0 Å². The van der Waals surface area contributed by atoms with Crippen LogP contribution >= 0.6 is 0 Å². The van der Waals surface area contributed by atoms with E-state index in [0.29, 0.717) is 50.0 Å². The fourth-order valence-electron chi connectivity index (χ4n) is 15.0. The molecule has 2 saturated carbocycles. The summed E-state index contributed by atoms with van der Waals surface area (Å²) in [4.78, 5) is 160. The van der Waals surface area contributed by atoms with Crippen molar-refractivity contribution in [1.29, 1.82) is 0 Å². The average molecular weight is 1480 g/mol. The van der Waals surface area contributed by atoms with Gasteiger partial charge in [0.05, 0.1) is 35.3 Å². The van der Waals surface area contributed by atoms with Gasteiger partial charge in [-0.05, 0) is 106 Å². The lowest BCUT2D eigenvalue weighted by atomic mass is 9.44. The van der Waals surface area contributed by atoms with Gasteiger partial charge in [0.1, 0.15) is 42.0 Å². The number of carboxylic acid groups (broad SMARTS) is 3. The number of aromatic nitrogens is 3. The standard InChI is InChI=1S/C76H97N7O23/c1-45-54(42-76(100)66(105-70(97)50-31-20-15-21-32-50)64-74(6,55(86)41-56-75(64,44-101-56)106-47(3)85)65(91)62(102-46(2)84)60(45)73(76,4)5)103-71(98)63(61(48-27-16-13-17-28-48)80-67(92)49-29-18-14-19-30-49)104-59(90)36-26-33-51-43-83(82-81-51)40-25-12-10-8-7-9-11-22-35-57(87)77-39-24-23-34-52(68(93)94)78-72(99)79-53(69(95)96)37-38-58(88)89/h13-21,27-32,43,52-56,61-64,66,86,100H,7-12,22-26,33-42,44H2,1-6H3,(H,77,87)(H,80,92)(H,88,89)(H,93,94)(H,95,96)(H2,78,79,99)/t52-,53-,54-,55-,56+,61-,62+,63+,64-,66-,74+,75-,76+/m0/s1. The van der Waals surface area contributed by atoms with E-state index in [4.69, 9.17) is 33.5 Å². The van der Waals surface area contributed by atoms with Crippen molar-refractivity contribution in [2.75, 3.05) is 13.2 Å². The van der Waals surface area contributed by atoms with Gasteiger partial charge in [-0.15, -0.1) is 5.10 Å². The predicted molar refractivity (Wildman–Crippen MR) is 374 cm³/mol. The first kappa shape index (κ1) is 81.7. The maximum atomic E-state index is 15.9. The molecule has 4 aliphatic rings. The summed E-state index contributed by atoms with van der Waals surface area (Å²) in [6.07, 6.45) is -1.65. The summed E-state index contributed by atoms with van der Waals surface area (Å²) < 4.78 is 39.1. The van der Waals surface area contributed by atoms with Crippen molar-refractivity contribution >= 4 is 71.4 Å². The van der Waals surface area contributed by atoms with Crippen molar-refractivity contribution in [2.45, 2.75) is 236 Å². The van der Waals surface area contributed by atoms with E-state index >= 15 is 9.59 Å². The Morgan fingerprint density at radius 3 is 1.89 bits per heavy atom. The van der Waals surface area contributed by atoms with Gasteiger partial charge < -0.3 is 75.2 Å². The quantitative estimate of drug-likeness (QED) is 0.00967. The molecule has 3 aliphatic carbocycles. The number of amides is 4. The highest BCUT2D eigenvalue weighted by molar-refractivity contribution is 5.97. The van der Waals surface area contributed by atoms with E-state index in [9.17, 15) is 68.4 Å². The predicted octanol–water partition coefficient (Wildman–Crippen LogP) is 6.77. The van der Waals surface area contributed by atoms with E-state index in [2.05, 4.69) is 31.6 Å². The number of Topliss-reactive ketones (excluding diaryl/α,β-unsaturated/α-hetero) is 1. The third-order valence-corrected chi connectivity index (χ3v) is 20.8. The lowest BCUT2D eigenvalue weighted by Crippen LogP contribution is -2.82. The molecule has 30 nitrogen and oxygen atoms in total. The Morgan fingerprint density at radius 1 is 0.689 bits per heavy atom. The van der Waals surface area contributed by atoms with Crippen LogP contribution in [0.4, 0.5) is 4.79 Å². The van der Waals surface area contributed by atoms with E-state index in [1.54, 1.807) is 104 Å². The topological polar surface area (TPSA) is 440 Å². The molecule has 574 valence electrons. The highest BCUT2D eigenvalue weighted by atomic mass is 16.6. The van der Waals surface area contributed by atoms with Gasteiger partial charge in [0.2, 0.25) is 12.0 Å². The summed E-state index contributed by atoms with van der Waals surface area (Å²) >= 11 is 0. The van der Waals surface area contributed by atoms with Crippen molar-refractivity contribution in [1.82, 2.24) is 36.3 Å². The third kappa shape index (κ3) is 20.0. The number of nitrogens with zero attached hydrogens (tertiary/aromatic N) is 3. The minimum Gasteiger partial charge on any atom is -0.481 e. The monoisotopic (exact) mass is 1480 g/mol. The number of hydrogen-bond acceptors (Lipinski definition) is 22. The lowest BCUT2D eigenvalue weighted by molar-refractivity contribution is -0.346. The Labute approximate surface area is 613 Å². The maximum absolute atomic E-state index is 15.9. The molecule has 0 radical (unpaired) electrons. The van der Waals surface area contributed by atoms with Gasteiger partial charge in [-0.2, -0.15) is 0 Å². The van der Waals surface area contributed by atoms with Crippen molar-refractivity contribution in [2.24, 2.45) is 16.7 Å². The van der Waals surface area contributed by atoms with Crippen molar-refractivity contribution in [3.05, 3.63) is 131 Å². The number of carbonyl (C=O) groups excluding carboxylic acids is 9. The summed E-state index contributed by atoms with van der Waals surface area (Å²) in [5.41, 5.74) is -7.11. The van der Waals surface area contributed by atoms with Crippen LogP contribution in [0.25, 0.3) is 0 Å². The number of aryl methyl sites for hydroxylation is 2. The van der Waals surface area contributed by atoms with Gasteiger partial charge >= 0.3 is 53.8 Å². The molecule has 1 saturated heterocycles. The first-order valence-electron chi connectivity index (χ1n) is 36.0. The number of fused-ring (bicyclic) bond motifs is 5. The molecule has 3 aromatic carbocycles. The molecule has 8 rings (SSSR count). The van der Waals surface area contributed by atoms with Gasteiger partial charge in [0.25, 0.3) is 5.91 Å². The number of esters is 5. The molecule has 0 unspecified atom stereocenters. The number of ketones is 1. The number of aliphatic hydroxyl groups is 2. The molecule has 0 spiro atoms. The van der Waals surface area contributed by atoms with E-state index < -0.39 is 161 Å². The molecule has 1 aromatic heterocycles. The maximum Gasteiger partial charge on any atom is 0.350 e. The number of unbranched alkanes of at least 4 members (excludes halogenated alkanes) is 8. The average Bonchev–Trinajstić information content (AvgIpc) is 0.670. The zero-order valence-corrected chi connectivity index (χ0v) is 60.5. The van der Waals surface area contributed by atoms with Crippen LogP contribution in [0.1, 0.15) is 195 Å². The second-order valence-electron chi connectivity index (χ2n) is 28.4. The number of carboxylic acids is 3. The van der Waals surface area contributed by atoms with E-state index in [1.165, 1.54) is 26.0 Å². The summed E-state index contributed by atoms with van der Waals surface area (Å²) in [6.45, 7) is 8.71. The number of hydrogen-bond donors (Lipinski definition) is 9. The number of carbonyl (C=O) groups is 12. The molecule has 4 aromatic rings. The molecule has 4 amide bonds. The van der Waals surface area contributed by atoms with Crippen LogP contribution in [0.5, 0.6) is 0 Å². The number of benzene rings is 3. The zero-order valence-electron chi connectivity index (χ0n) is 60.5. The van der Waals surface area contributed by atoms with E-state index in [-0.39, 0.29) is 73.3 Å². The van der Waals surface area contributed by atoms with Crippen molar-refractivity contribution in [3.63, 3.8) is 0 Å². The summed E-state index contributed by atoms with van der Waals surface area (Å²) in [5.74, 6) is -12.2. The molecule has 13 atom stereocenters. The normalized spacial score (nSPS) is 23.8. The van der Waals surface area contributed by atoms with Gasteiger partial charge in [0, 0.05) is 76.2 Å². The first-order valence-corrected chi connectivity index (χ1v) is 36.0. The highest BCUT2D eigenvalue weighted by Gasteiger charge is 2.78. The van der Waals surface area contributed by atoms with Crippen molar-refractivity contribution < 1.29 is 111 Å². The minimum absolute atomic E-state index is 0.0143. The van der Waals surface area contributed by atoms with Gasteiger partial charge in [-0.25, -0.2) is 24.0 Å². The Morgan fingerprint density at radius 2 is 1.29 bits per heavy atom. The van der Waals surface area contributed by atoms with Gasteiger partial charge in [-0.1, -0.05) is 124 Å².